The quantitative estimate of drug-likeness (QED) is 0.487. The zero-order valence-electron chi connectivity index (χ0n) is 10.9. The zero-order chi connectivity index (χ0) is 14.3. The van der Waals surface area contributed by atoms with Crippen LogP contribution in [0.5, 0.6) is 0 Å². The molecule has 0 atom stereocenters. The van der Waals surface area contributed by atoms with Crippen LogP contribution >= 0.6 is 15.9 Å². The minimum Gasteiger partial charge on any atom is -0.307 e. The lowest BCUT2D eigenvalue weighted by Crippen LogP contribution is -2.02. The SMILES string of the molecule is Cc1cc([N+](=O)[O-])ccc1-c1nnc(CBr)n1C1CC1. The first-order chi connectivity index (χ1) is 9.61. The summed E-state index contributed by atoms with van der Waals surface area (Å²) in [7, 11) is 0. The van der Waals surface area contributed by atoms with Crippen LogP contribution < -0.4 is 0 Å². The van der Waals surface area contributed by atoms with Crippen molar-refractivity contribution in [3.63, 3.8) is 0 Å². The number of hydrogen-bond acceptors (Lipinski definition) is 4. The Morgan fingerprint density at radius 2 is 2.20 bits per heavy atom. The Kier molecular flexibility index (Phi) is 3.29. The molecule has 0 bridgehead atoms. The fourth-order valence-corrected chi connectivity index (χ4v) is 2.71. The van der Waals surface area contributed by atoms with Gasteiger partial charge in [0, 0.05) is 23.7 Å². The van der Waals surface area contributed by atoms with E-state index in [1.54, 1.807) is 12.1 Å². The summed E-state index contributed by atoms with van der Waals surface area (Å²) in [4.78, 5) is 10.4. The maximum Gasteiger partial charge on any atom is 0.269 e. The van der Waals surface area contributed by atoms with E-state index in [1.165, 1.54) is 6.07 Å². The second-order valence-electron chi connectivity index (χ2n) is 4.93. The summed E-state index contributed by atoms with van der Waals surface area (Å²) in [5, 5.41) is 19.9. The molecule has 0 N–H and O–H groups in total. The van der Waals surface area contributed by atoms with Crippen molar-refractivity contribution in [2.75, 3.05) is 0 Å². The van der Waals surface area contributed by atoms with Gasteiger partial charge in [-0.1, -0.05) is 15.9 Å². The van der Waals surface area contributed by atoms with Gasteiger partial charge in [-0.2, -0.15) is 0 Å². The third-order valence-electron chi connectivity index (χ3n) is 3.46. The summed E-state index contributed by atoms with van der Waals surface area (Å²) in [5.41, 5.74) is 1.85. The molecule has 0 aliphatic heterocycles. The topological polar surface area (TPSA) is 73.8 Å². The van der Waals surface area contributed by atoms with Gasteiger partial charge < -0.3 is 4.57 Å². The van der Waals surface area contributed by atoms with Gasteiger partial charge in [-0.05, 0) is 31.4 Å². The zero-order valence-corrected chi connectivity index (χ0v) is 12.5. The Hall–Kier alpha value is -1.76. The van der Waals surface area contributed by atoms with E-state index in [-0.39, 0.29) is 10.6 Å². The molecule has 3 rings (SSSR count). The molecule has 1 aromatic heterocycles. The number of hydrogen-bond donors (Lipinski definition) is 0. The first kappa shape index (κ1) is 13.2. The fourth-order valence-electron chi connectivity index (χ4n) is 2.33. The summed E-state index contributed by atoms with van der Waals surface area (Å²) >= 11 is 3.43. The average molecular weight is 337 g/mol. The summed E-state index contributed by atoms with van der Waals surface area (Å²) < 4.78 is 2.14. The predicted molar refractivity (Wildman–Crippen MR) is 77.8 cm³/mol. The first-order valence-corrected chi connectivity index (χ1v) is 7.49. The molecule has 0 spiro atoms. The molecule has 0 unspecified atom stereocenters. The van der Waals surface area contributed by atoms with E-state index in [2.05, 4.69) is 30.7 Å². The van der Waals surface area contributed by atoms with Gasteiger partial charge in [0.2, 0.25) is 0 Å². The third kappa shape index (κ3) is 2.22. The number of aromatic nitrogens is 3. The van der Waals surface area contributed by atoms with E-state index in [4.69, 9.17) is 0 Å². The van der Waals surface area contributed by atoms with Crippen LogP contribution in [0.1, 0.15) is 30.3 Å². The molecule has 7 heteroatoms. The Balaban J connectivity index is 2.09. The van der Waals surface area contributed by atoms with Crippen molar-refractivity contribution in [3.8, 4) is 11.4 Å². The number of nitro benzene ring substituents is 1. The molecule has 1 aromatic carbocycles. The maximum atomic E-state index is 10.8. The van der Waals surface area contributed by atoms with Gasteiger partial charge in [0.05, 0.1) is 10.3 Å². The number of non-ortho nitro benzene ring substituents is 1. The van der Waals surface area contributed by atoms with Crippen molar-refractivity contribution >= 4 is 21.6 Å². The molecule has 6 nitrogen and oxygen atoms in total. The highest BCUT2D eigenvalue weighted by molar-refractivity contribution is 9.08. The van der Waals surface area contributed by atoms with Crippen molar-refractivity contribution in [2.24, 2.45) is 0 Å². The minimum atomic E-state index is -0.383. The van der Waals surface area contributed by atoms with Crippen LogP contribution in [0.15, 0.2) is 18.2 Å². The Bertz CT molecular complexity index is 679. The predicted octanol–water partition coefficient (Wildman–Crippen LogP) is 3.39. The van der Waals surface area contributed by atoms with Crippen LogP contribution in [0, 0.1) is 17.0 Å². The third-order valence-corrected chi connectivity index (χ3v) is 3.96. The first-order valence-electron chi connectivity index (χ1n) is 6.37. The summed E-state index contributed by atoms with van der Waals surface area (Å²) in [5.74, 6) is 1.70. The monoisotopic (exact) mass is 336 g/mol. The van der Waals surface area contributed by atoms with Crippen LogP contribution in [0.25, 0.3) is 11.4 Å². The van der Waals surface area contributed by atoms with Crippen molar-refractivity contribution in [2.45, 2.75) is 31.1 Å². The number of alkyl halides is 1. The molecule has 0 amide bonds. The fraction of sp³-hybridized carbons (Fsp3) is 0.385. The van der Waals surface area contributed by atoms with Crippen molar-refractivity contribution in [3.05, 3.63) is 39.7 Å². The van der Waals surface area contributed by atoms with E-state index >= 15 is 0 Å². The number of aryl methyl sites for hydroxylation is 1. The molecular formula is C13H13BrN4O2. The van der Waals surface area contributed by atoms with Gasteiger partial charge in [0.1, 0.15) is 5.82 Å². The molecule has 104 valence electrons. The van der Waals surface area contributed by atoms with Crippen molar-refractivity contribution < 1.29 is 4.92 Å². The highest BCUT2D eigenvalue weighted by Crippen LogP contribution is 2.40. The van der Waals surface area contributed by atoms with Gasteiger partial charge >= 0.3 is 0 Å². The molecule has 2 aromatic rings. The molecule has 1 heterocycles. The van der Waals surface area contributed by atoms with Gasteiger partial charge in [0.15, 0.2) is 5.82 Å². The molecule has 1 aliphatic rings. The van der Waals surface area contributed by atoms with Gasteiger partial charge in [0.25, 0.3) is 5.69 Å². The number of rotatable bonds is 4. The maximum absolute atomic E-state index is 10.8. The van der Waals surface area contributed by atoms with Crippen LogP contribution in [-0.4, -0.2) is 19.7 Å². The van der Waals surface area contributed by atoms with E-state index in [0.29, 0.717) is 11.4 Å². The lowest BCUT2D eigenvalue weighted by molar-refractivity contribution is -0.384. The Labute approximate surface area is 124 Å². The standard InChI is InChI=1S/C13H13BrN4O2/c1-8-6-10(18(19)20)4-5-11(8)13-16-15-12(7-14)17(13)9-2-3-9/h4-6,9H,2-3,7H2,1H3. The minimum absolute atomic E-state index is 0.101. The number of benzene rings is 1. The summed E-state index contributed by atoms with van der Waals surface area (Å²) in [6.07, 6.45) is 2.27. The van der Waals surface area contributed by atoms with Gasteiger partial charge in [-0.25, -0.2) is 0 Å². The summed E-state index contributed by atoms with van der Waals surface area (Å²) in [6, 6.07) is 5.31. The highest BCUT2D eigenvalue weighted by Gasteiger charge is 2.30. The van der Waals surface area contributed by atoms with Crippen LogP contribution in [0.3, 0.4) is 0 Å². The lowest BCUT2D eigenvalue weighted by Gasteiger charge is -2.09. The Morgan fingerprint density at radius 1 is 1.45 bits per heavy atom. The molecular weight excluding hydrogens is 324 g/mol. The Morgan fingerprint density at radius 3 is 2.75 bits per heavy atom. The van der Waals surface area contributed by atoms with E-state index < -0.39 is 0 Å². The van der Waals surface area contributed by atoms with Crippen LogP contribution in [-0.2, 0) is 5.33 Å². The highest BCUT2D eigenvalue weighted by atomic mass is 79.9. The largest absolute Gasteiger partial charge is 0.307 e. The molecule has 0 radical (unpaired) electrons. The average Bonchev–Trinajstić information content (AvgIpc) is 3.18. The van der Waals surface area contributed by atoms with E-state index in [0.717, 1.165) is 35.6 Å². The molecule has 1 aliphatic carbocycles. The molecule has 1 fully saturated rings. The number of halogens is 1. The number of nitrogens with zero attached hydrogens (tertiary/aromatic N) is 4. The molecule has 20 heavy (non-hydrogen) atoms. The second kappa shape index (κ2) is 4.97. The lowest BCUT2D eigenvalue weighted by atomic mass is 10.1. The normalized spacial score (nSPS) is 14.5. The summed E-state index contributed by atoms with van der Waals surface area (Å²) in [6.45, 7) is 1.86. The smallest absolute Gasteiger partial charge is 0.269 e. The van der Waals surface area contributed by atoms with Crippen molar-refractivity contribution in [1.29, 1.82) is 0 Å². The molecule has 0 saturated heterocycles. The number of nitro groups is 1. The van der Waals surface area contributed by atoms with Gasteiger partial charge in [-0.3, -0.25) is 10.1 Å². The molecule has 1 saturated carbocycles. The van der Waals surface area contributed by atoms with Crippen LogP contribution in [0.4, 0.5) is 5.69 Å². The van der Waals surface area contributed by atoms with Gasteiger partial charge in [-0.15, -0.1) is 10.2 Å². The van der Waals surface area contributed by atoms with Crippen molar-refractivity contribution in [1.82, 2.24) is 14.8 Å². The van der Waals surface area contributed by atoms with E-state index in [9.17, 15) is 10.1 Å². The van der Waals surface area contributed by atoms with E-state index in [1.807, 2.05) is 6.92 Å². The van der Waals surface area contributed by atoms with Crippen LogP contribution in [0.2, 0.25) is 0 Å². The second-order valence-corrected chi connectivity index (χ2v) is 5.49.